The third-order valence-corrected chi connectivity index (χ3v) is 3.40. The minimum Gasteiger partial charge on any atom is -0.308 e. The van der Waals surface area contributed by atoms with Gasteiger partial charge in [-0.1, -0.05) is 6.92 Å². The highest BCUT2D eigenvalue weighted by atomic mass is 35.5. The average Bonchev–Trinajstić information content (AvgIpc) is 2.07. The van der Waals surface area contributed by atoms with Crippen LogP contribution in [0.15, 0.2) is 0 Å². The molecule has 1 fully saturated rings. The largest absolute Gasteiger partial charge is 0.308 e. The minimum atomic E-state index is 0.399. The number of hydrogen-bond donors (Lipinski definition) is 0. The van der Waals surface area contributed by atoms with E-state index in [-0.39, 0.29) is 0 Å². The van der Waals surface area contributed by atoms with Crippen LogP contribution < -0.4 is 0 Å². The average molecular weight is 205 g/mol. The molecule has 0 aliphatic carbocycles. The zero-order chi connectivity index (χ0) is 9.84. The van der Waals surface area contributed by atoms with E-state index in [0.717, 1.165) is 13.0 Å². The molecule has 0 saturated carbocycles. The number of piperidine rings is 1. The van der Waals surface area contributed by atoms with Crippen molar-refractivity contribution in [3.8, 4) is 0 Å². The van der Waals surface area contributed by atoms with Crippen LogP contribution in [0.5, 0.6) is 0 Å². The van der Waals surface area contributed by atoms with Crippen LogP contribution in [0.1, 0.15) is 13.3 Å². The van der Waals surface area contributed by atoms with Crippen LogP contribution in [0, 0.1) is 5.92 Å². The molecule has 0 aromatic carbocycles. The first-order chi connectivity index (χ1) is 6.09. The minimum absolute atomic E-state index is 0.399. The fourth-order valence-corrected chi connectivity index (χ4v) is 1.93. The van der Waals surface area contributed by atoms with Crippen molar-refractivity contribution in [2.45, 2.75) is 18.7 Å². The van der Waals surface area contributed by atoms with Crippen LogP contribution in [0.25, 0.3) is 0 Å². The molecule has 0 amide bonds. The Morgan fingerprint density at radius 3 is 2.69 bits per heavy atom. The summed E-state index contributed by atoms with van der Waals surface area (Å²) in [7, 11) is 4.25. The van der Waals surface area contributed by atoms with Gasteiger partial charge in [0.05, 0.1) is 0 Å². The zero-order valence-corrected chi connectivity index (χ0v) is 9.72. The summed E-state index contributed by atoms with van der Waals surface area (Å²) >= 11 is 6.16. The fourth-order valence-electron chi connectivity index (χ4n) is 1.75. The van der Waals surface area contributed by atoms with E-state index in [1.54, 1.807) is 0 Å². The van der Waals surface area contributed by atoms with Gasteiger partial charge < -0.3 is 9.80 Å². The van der Waals surface area contributed by atoms with Crippen LogP contribution in [0.3, 0.4) is 0 Å². The number of alkyl halides is 1. The molecule has 0 aromatic rings. The predicted molar refractivity (Wildman–Crippen MR) is 58.4 cm³/mol. The van der Waals surface area contributed by atoms with Crippen molar-refractivity contribution in [2.24, 2.45) is 5.92 Å². The molecule has 0 bridgehead atoms. The molecule has 2 unspecified atom stereocenters. The highest BCUT2D eigenvalue weighted by Crippen LogP contribution is 2.21. The third-order valence-electron chi connectivity index (χ3n) is 2.75. The van der Waals surface area contributed by atoms with E-state index in [1.165, 1.54) is 19.6 Å². The molecule has 2 atom stereocenters. The summed E-state index contributed by atoms with van der Waals surface area (Å²) < 4.78 is 0. The normalized spacial score (nSPS) is 31.2. The molecule has 1 aliphatic rings. The number of likely N-dealkylation sites (tertiary alicyclic amines) is 1. The monoisotopic (exact) mass is 204 g/mol. The fraction of sp³-hybridized carbons (Fsp3) is 1.00. The first-order valence-corrected chi connectivity index (χ1v) is 5.54. The van der Waals surface area contributed by atoms with Crippen LogP contribution in [-0.4, -0.2) is 55.5 Å². The Morgan fingerprint density at radius 2 is 2.15 bits per heavy atom. The first kappa shape index (κ1) is 11.3. The number of rotatable bonds is 3. The highest BCUT2D eigenvalue weighted by Gasteiger charge is 2.23. The van der Waals surface area contributed by atoms with Gasteiger partial charge in [-0.3, -0.25) is 0 Å². The van der Waals surface area contributed by atoms with E-state index in [2.05, 4.69) is 30.8 Å². The van der Waals surface area contributed by atoms with E-state index in [0.29, 0.717) is 11.3 Å². The lowest BCUT2D eigenvalue weighted by Crippen LogP contribution is -2.42. The molecule has 1 heterocycles. The lowest BCUT2D eigenvalue weighted by Gasteiger charge is -2.34. The van der Waals surface area contributed by atoms with Gasteiger partial charge in [-0.15, -0.1) is 11.6 Å². The molecule has 2 nitrogen and oxygen atoms in total. The molecule has 0 spiro atoms. The van der Waals surface area contributed by atoms with Gasteiger partial charge in [0.1, 0.15) is 0 Å². The first-order valence-electron chi connectivity index (χ1n) is 5.10. The van der Waals surface area contributed by atoms with Gasteiger partial charge >= 0.3 is 0 Å². The molecular formula is C10H21ClN2. The molecule has 0 radical (unpaired) electrons. The maximum absolute atomic E-state index is 6.16. The van der Waals surface area contributed by atoms with Gasteiger partial charge in [0.25, 0.3) is 0 Å². The predicted octanol–water partition coefficient (Wildman–Crippen LogP) is 1.50. The second kappa shape index (κ2) is 5.18. The van der Waals surface area contributed by atoms with Crippen LogP contribution in [0.2, 0.25) is 0 Å². The van der Waals surface area contributed by atoms with Gasteiger partial charge in [-0.05, 0) is 33.0 Å². The summed E-state index contributed by atoms with van der Waals surface area (Å²) in [6.07, 6.45) is 1.15. The summed E-state index contributed by atoms with van der Waals surface area (Å²) in [5, 5.41) is 0.399. The van der Waals surface area contributed by atoms with Gasteiger partial charge in [-0.2, -0.15) is 0 Å². The Bertz CT molecular complexity index is 150. The molecule has 78 valence electrons. The molecule has 13 heavy (non-hydrogen) atoms. The molecule has 1 saturated heterocycles. The standard InChI is InChI=1S/C10H21ClN2/c1-9-8-13(5-4-10(9)11)7-6-12(2)3/h9-10H,4-8H2,1-3H3. The van der Waals surface area contributed by atoms with Crippen molar-refractivity contribution in [3.63, 3.8) is 0 Å². The van der Waals surface area contributed by atoms with Crippen LogP contribution in [0.4, 0.5) is 0 Å². The molecule has 1 aliphatic heterocycles. The zero-order valence-electron chi connectivity index (χ0n) is 8.96. The summed E-state index contributed by atoms with van der Waals surface area (Å²) in [5.74, 6) is 0.651. The quantitative estimate of drug-likeness (QED) is 0.643. The van der Waals surface area contributed by atoms with Crippen molar-refractivity contribution in [1.82, 2.24) is 9.80 Å². The molecule has 0 N–H and O–H groups in total. The second-order valence-electron chi connectivity index (χ2n) is 4.39. The van der Waals surface area contributed by atoms with Crippen molar-refractivity contribution in [1.29, 1.82) is 0 Å². The smallest absolute Gasteiger partial charge is 0.0386 e. The van der Waals surface area contributed by atoms with E-state index < -0.39 is 0 Å². The number of hydrogen-bond acceptors (Lipinski definition) is 2. The number of nitrogens with zero attached hydrogens (tertiary/aromatic N) is 2. The van der Waals surface area contributed by atoms with Crippen LogP contribution in [-0.2, 0) is 0 Å². The maximum atomic E-state index is 6.16. The molecule has 1 rings (SSSR count). The Balaban J connectivity index is 2.21. The van der Waals surface area contributed by atoms with Crippen molar-refractivity contribution < 1.29 is 0 Å². The van der Waals surface area contributed by atoms with Gasteiger partial charge in [0.15, 0.2) is 0 Å². The third kappa shape index (κ3) is 3.84. The lowest BCUT2D eigenvalue weighted by molar-refractivity contribution is 0.172. The molecule has 0 aromatic heterocycles. The Hall–Kier alpha value is 0.210. The van der Waals surface area contributed by atoms with Crippen molar-refractivity contribution in [2.75, 3.05) is 40.3 Å². The number of halogens is 1. The van der Waals surface area contributed by atoms with E-state index >= 15 is 0 Å². The van der Waals surface area contributed by atoms with Crippen LogP contribution >= 0.6 is 11.6 Å². The lowest BCUT2D eigenvalue weighted by atomic mass is 10.00. The Kier molecular flexibility index (Phi) is 4.50. The SMILES string of the molecule is CC1CN(CCN(C)C)CCC1Cl. The number of likely N-dealkylation sites (N-methyl/N-ethyl adjacent to an activating group) is 1. The van der Waals surface area contributed by atoms with Gasteiger partial charge in [-0.25, -0.2) is 0 Å². The van der Waals surface area contributed by atoms with Gasteiger partial charge in [0.2, 0.25) is 0 Å². The van der Waals surface area contributed by atoms with Gasteiger partial charge in [0, 0.05) is 25.0 Å². The van der Waals surface area contributed by atoms with E-state index in [1.807, 2.05) is 0 Å². The second-order valence-corrected chi connectivity index (χ2v) is 4.95. The summed E-state index contributed by atoms with van der Waals surface area (Å²) in [6.45, 7) is 6.93. The van der Waals surface area contributed by atoms with Crippen molar-refractivity contribution in [3.05, 3.63) is 0 Å². The van der Waals surface area contributed by atoms with E-state index in [9.17, 15) is 0 Å². The van der Waals surface area contributed by atoms with E-state index in [4.69, 9.17) is 11.6 Å². The summed E-state index contributed by atoms with van der Waals surface area (Å²) in [6, 6.07) is 0. The molecule has 3 heteroatoms. The summed E-state index contributed by atoms with van der Waals surface area (Å²) in [4.78, 5) is 4.75. The molecular weight excluding hydrogens is 184 g/mol. The summed E-state index contributed by atoms with van der Waals surface area (Å²) in [5.41, 5.74) is 0. The maximum Gasteiger partial charge on any atom is 0.0386 e. The Morgan fingerprint density at radius 1 is 1.46 bits per heavy atom. The highest BCUT2D eigenvalue weighted by molar-refractivity contribution is 6.20. The van der Waals surface area contributed by atoms with Crippen molar-refractivity contribution >= 4 is 11.6 Å². The topological polar surface area (TPSA) is 6.48 Å². The Labute approximate surface area is 86.8 Å².